The topological polar surface area (TPSA) is 65.0 Å². The Kier molecular flexibility index (Phi) is 7.16. The van der Waals surface area contributed by atoms with Crippen LogP contribution in [-0.4, -0.2) is 15.0 Å². The van der Waals surface area contributed by atoms with E-state index >= 15 is 0 Å². The number of hydrogen-bond acceptors (Lipinski definition) is 6. The Bertz CT molecular complexity index is 3460. The van der Waals surface area contributed by atoms with E-state index in [0.29, 0.717) is 23.4 Å². The second kappa shape index (κ2) is 12.7. The van der Waals surface area contributed by atoms with Gasteiger partial charge in [0.15, 0.2) is 17.5 Å². The van der Waals surface area contributed by atoms with E-state index in [4.69, 9.17) is 23.8 Å². The lowest BCUT2D eigenvalue weighted by atomic mass is 9.92. The Balaban J connectivity index is 1.09. The van der Waals surface area contributed by atoms with Gasteiger partial charge in [-0.3, -0.25) is 0 Å². The van der Waals surface area contributed by atoms with E-state index in [2.05, 4.69) is 133 Å². The molecule has 4 heterocycles. The minimum atomic E-state index is 0.350. The minimum absolute atomic E-state index is 0.350. The van der Waals surface area contributed by atoms with Crippen molar-refractivity contribution >= 4 is 75.4 Å². The first-order valence-electron chi connectivity index (χ1n) is 19.2. The van der Waals surface area contributed by atoms with Crippen LogP contribution in [0.3, 0.4) is 0 Å². The number of rotatable bonds is 5. The molecule has 0 N–H and O–H groups in total. The minimum Gasteiger partial charge on any atom is -0.456 e. The van der Waals surface area contributed by atoms with Gasteiger partial charge in [0.05, 0.1) is 0 Å². The lowest BCUT2D eigenvalue weighted by Gasteiger charge is -2.14. The number of fused-ring (bicyclic) bond motifs is 9. The van der Waals surface area contributed by atoms with E-state index < -0.39 is 0 Å². The standard InChI is InChI=1S/C51H31N3O2S/c1-2-11-30(12-3-1)31-21-23-32(24-22-31)49-52-50(33-25-26-35-34-13-4-7-17-41(34)55-43(35)29-33)54-51(53-49)40-28-27-37(48-47(40)38-14-5-8-18-42(38)56-48)36-16-10-20-45-46(36)39-15-6-9-19-44(39)57-45/h1-11,13-30H,12H2. The molecule has 268 valence electrons. The molecule has 12 rings (SSSR count). The molecule has 1 unspecified atom stereocenters. The molecule has 0 aliphatic heterocycles. The van der Waals surface area contributed by atoms with Gasteiger partial charge in [-0.05, 0) is 66.1 Å². The molecule has 0 bridgehead atoms. The van der Waals surface area contributed by atoms with Crippen LogP contribution in [-0.2, 0) is 0 Å². The number of benzene rings is 7. The van der Waals surface area contributed by atoms with E-state index in [1.54, 1.807) is 0 Å². The van der Waals surface area contributed by atoms with E-state index in [1.807, 2.05) is 47.7 Å². The summed E-state index contributed by atoms with van der Waals surface area (Å²) in [5, 5.41) is 6.61. The van der Waals surface area contributed by atoms with Crippen LogP contribution in [0.5, 0.6) is 0 Å². The maximum atomic E-state index is 6.82. The smallest absolute Gasteiger partial charge is 0.164 e. The third-order valence-corrected chi connectivity index (χ3v) is 12.4. The highest BCUT2D eigenvalue weighted by molar-refractivity contribution is 7.25. The molecule has 0 saturated heterocycles. The van der Waals surface area contributed by atoms with Crippen LogP contribution in [0.1, 0.15) is 17.9 Å². The average Bonchev–Trinajstić information content (AvgIpc) is 3.98. The summed E-state index contributed by atoms with van der Waals surface area (Å²) in [5.74, 6) is 2.10. The zero-order valence-electron chi connectivity index (χ0n) is 30.5. The Hall–Kier alpha value is -7.15. The summed E-state index contributed by atoms with van der Waals surface area (Å²) in [7, 11) is 0. The van der Waals surface area contributed by atoms with Gasteiger partial charge in [-0.15, -0.1) is 11.3 Å². The first kappa shape index (κ1) is 32.1. The highest BCUT2D eigenvalue weighted by Gasteiger charge is 2.23. The summed E-state index contributed by atoms with van der Waals surface area (Å²) in [6, 6.07) is 50.8. The molecule has 0 amide bonds. The fourth-order valence-electron chi connectivity index (χ4n) is 8.55. The van der Waals surface area contributed by atoms with Gasteiger partial charge in [0.1, 0.15) is 22.3 Å². The summed E-state index contributed by atoms with van der Waals surface area (Å²) in [6.07, 6.45) is 9.70. The Morgan fingerprint density at radius 3 is 2.00 bits per heavy atom. The zero-order chi connectivity index (χ0) is 37.5. The van der Waals surface area contributed by atoms with Gasteiger partial charge >= 0.3 is 0 Å². The second-order valence-electron chi connectivity index (χ2n) is 14.6. The van der Waals surface area contributed by atoms with Gasteiger partial charge in [0, 0.05) is 69.9 Å². The van der Waals surface area contributed by atoms with E-state index in [9.17, 15) is 0 Å². The molecule has 4 aromatic heterocycles. The summed E-state index contributed by atoms with van der Waals surface area (Å²) < 4.78 is 15.7. The largest absolute Gasteiger partial charge is 0.456 e. The summed E-state index contributed by atoms with van der Waals surface area (Å²) in [4.78, 5) is 15.6. The van der Waals surface area contributed by atoms with Crippen LogP contribution in [0.4, 0.5) is 0 Å². The van der Waals surface area contributed by atoms with Crippen molar-refractivity contribution in [1.29, 1.82) is 0 Å². The Morgan fingerprint density at radius 1 is 0.474 bits per heavy atom. The van der Waals surface area contributed by atoms with E-state index in [-0.39, 0.29) is 0 Å². The maximum Gasteiger partial charge on any atom is 0.164 e. The lowest BCUT2D eigenvalue weighted by Crippen LogP contribution is -2.01. The van der Waals surface area contributed by atoms with Crippen molar-refractivity contribution in [3.8, 4) is 45.3 Å². The monoisotopic (exact) mass is 749 g/mol. The normalized spacial score (nSPS) is 14.3. The molecular weight excluding hydrogens is 719 g/mol. The predicted molar refractivity (Wildman–Crippen MR) is 235 cm³/mol. The fraction of sp³-hybridized carbons (Fsp3) is 0.0392. The number of furan rings is 2. The lowest BCUT2D eigenvalue weighted by molar-refractivity contribution is 0.669. The molecule has 57 heavy (non-hydrogen) atoms. The van der Waals surface area contributed by atoms with Crippen LogP contribution in [0.2, 0.25) is 0 Å². The number of allylic oxidation sites excluding steroid dienone is 4. The number of nitrogens with zero attached hydrogens (tertiary/aromatic N) is 3. The molecule has 11 aromatic rings. The first-order chi connectivity index (χ1) is 28.2. The van der Waals surface area contributed by atoms with Gasteiger partial charge in [-0.1, -0.05) is 121 Å². The average molecular weight is 750 g/mol. The molecule has 0 spiro atoms. The van der Waals surface area contributed by atoms with Crippen LogP contribution >= 0.6 is 11.3 Å². The molecule has 7 aromatic carbocycles. The van der Waals surface area contributed by atoms with Crippen molar-refractivity contribution in [2.75, 3.05) is 0 Å². The third kappa shape index (κ3) is 5.18. The van der Waals surface area contributed by atoms with Gasteiger partial charge in [0.25, 0.3) is 0 Å². The quantitative estimate of drug-likeness (QED) is 0.175. The van der Waals surface area contributed by atoms with E-state index in [0.717, 1.165) is 78.1 Å². The second-order valence-corrected chi connectivity index (χ2v) is 15.7. The van der Waals surface area contributed by atoms with Gasteiger partial charge in [-0.25, -0.2) is 15.0 Å². The molecule has 1 aliphatic rings. The summed E-state index contributed by atoms with van der Waals surface area (Å²) in [5.41, 5.74) is 9.35. The van der Waals surface area contributed by atoms with Crippen molar-refractivity contribution in [3.63, 3.8) is 0 Å². The number of hydrogen-bond donors (Lipinski definition) is 0. The predicted octanol–water partition coefficient (Wildman–Crippen LogP) is 14.3. The molecule has 5 nitrogen and oxygen atoms in total. The van der Waals surface area contributed by atoms with Gasteiger partial charge in [0.2, 0.25) is 0 Å². The van der Waals surface area contributed by atoms with Crippen LogP contribution < -0.4 is 0 Å². The Labute approximate surface area is 330 Å². The molecule has 0 saturated carbocycles. The highest BCUT2D eigenvalue weighted by Crippen LogP contribution is 2.46. The molecular formula is C51H31N3O2S. The van der Waals surface area contributed by atoms with Crippen LogP contribution in [0.25, 0.3) is 109 Å². The highest BCUT2D eigenvalue weighted by atomic mass is 32.1. The SMILES string of the molecule is C1=CCC(c2ccc(-c3nc(-c4ccc5c(c4)oc4ccccc45)nc(-c4ccc(-c5cccc6sc7ccccc7c56)c5oc6ccccc6c45)n3)cc2)C=C1. The van der Waals surface area contributed by atoms with Crippen molar-refractivity contribution in [2.45, 2.75) is 12.3 Å². The summed E-state index contributed by atoms with van der Waals surface area (Å²) >= 11 is 1.82. The van der Waals surface area contributed by atoms with Crippen LogP contribution in [0.15, 0.2) is 179 Å². The molecule has 0 fully saturated rings. The van der Waals surface area contributed by atoms with Crippen molar-refractivity contribution < 1.29 is 8.83 Å². The van der Waals surface area contributed by atoms with Crippen molar-refractivity contribution in [2.24, 2.45) is 0 Å². The fourth-order valence-corrected chi connectivity index (χ4v) is 9.68. The summed E-state index contributed by atoms with van der Waals surface area (Å²) in [6.45, 7) is 0. The van der Waals surface area contributed by atoms with Crippen molar-refractivity contribution in [3.05, 3.63) is 175 Å². The Morgan fingerprint density at radius 2 is 1.16 bits per heavy atom. The maximum absolute atomic E-state index is 6.82. The zero-order valence-corrected chi connectivity index (χ0v) is 31.3. The van der Waals surface area contributed by atoms with Crippen LogP contribution in [0, 0.1) is 0 Å². The number of aromatic nitrogens is 3. The van der Waals surface area contributed by atoms with Crippen molar-refractivity contribution in [1.82, 2.24) is 15.0 Å². The van der Waals surface area contributed by atoms with E-state index in [1.165, 1.54) is 25.7 Å². The molecule has 0 radical (unpaired) electrons. The van der Waals surface area contributed by atoms with Gasteiger partial charge < -0.3 is 8.83 Å². The number of thiophene rings is 1. The number of para-hydroxylation sites is 2. The first-order valence-corrected chi connectivity index (χ1v) is 20.0. The molecule has 1 aliphatic carbocycles. The third-order valence-electron chi connectivity index (χ3n) is 11.3. The van der Waals surface area contributed by atoms with Gasteiger partial charge in [-0.2, -0.15) is 0 Å². The molecule has 6 heteroatoms. The molecule has 1 atom stereocenters.